The van der Waals surface area contributed by atoms with Crippen LogP contribution in [0, 0.1) is 12.3 Å². The molecule has 0 bridgehead atoms. The summed E-state index contributed by atoms with van der Waals surface area (Å²) in [4.78, 5) is 14.2. The van der Waals surface area contributed by atoms with Gasteiger partial charge in [0, 0.05) is 11.1 Å². The van der Waals surface area contributed by atoms with E-state index in [1.807, 2.05) is 18.2 Å². The number of alkyl halides is 2. The third-order valence-electron chi connectivity index (χ3n) is 4.11. The van der Waals surface area contributed by atoms with Crippen LogP contribution in [0.3, 0.4) is 0 Å². The van der Waals surface area contributed by atoms with Crippen LogP contribution in [-0.4, -0.2) is 34.0 Å². The second-order valence-electron chi connectivity index (χ2n) is 5.92. The lowest BCUT2D eigenvalue weighted by molar-refractivity contribution is -0.0261. The summed E-state index contributed by atoms with van der Waals surface area (Å²) in [5.74, 6) is 0.0750. The Morgan fingerprint density at radius 2 is 1.96 bits per heavy atom. The van der Waals surface area contributed by atoms with Crippen molar-refractivity contribution in [2.75, 3.05) is 23.7 Å². The summed E-state index contributed by atoms with van der Waals surface area (Å²) < 4.78 is 26.7. The lowest BCUT2D eigenvalue weighted by atomic mass is 10.0. The molecular weight excluding hydrogens is 324 g/mol. The zero-order valence-corrected chi connectivity index (χ0v) is 13.1. The maximum Gasteiger partial charge on any atom is 0.282 e. The lowest BCUT2D eigenvalue weighted by Gasteiger charge is -2.40. The number of fused-ring (bicyclic) bond motifs is 1. The molecule has 1 aromatic carbocycles. The second-order valence-corrected chi connectivity index (χ2v) is 5.92. The Morgan fingerprint density at radius 1 is 1.16 bits per heavy atom. The predicted molar refractivity (Wildman–Crippen MR) is 92.3 cm³/mol. The van der Waals surface area contributed by atoms with Crippen molar-refractivity contribution in [1.29, 1.82) is 0 Å². The van der Waals surface area contributed by atoms with Crippen molar-refractivity contribution in [3.05, 3.63) is 42.2 Å². The molecule has 4 rings (SSSR count). The fourth-order valence-electron chi connectivity index (χ4n) is 2.88. The van der Waals surface area contributed by atoms with Crippen molar-refractivity contribution in [2.24, 2.45) is 0 Å². The van der Waals surface area contributed by atoms with Gasteiger partial charge < -0.3 is 10.6 Å². The van der Waals surface area contributed by atoms with E-state index in [0.29, 0.717) is 28.0 Å². The molecule has 1 aliphatic rings. The molecular formula is C18H13F2N5. The normalized spacial score (nSPS) is 15.6. The molecule has 5 nitrogen and oxygen atoms in total. The van der Waals surface area contributed by atoms with Gasteiger partial charge in [0.15, 0.2) is 5.82 Å². The Balaban J connectivity index is 1.91. The number of nitrogen functional groups attached to an aromatic ring is 1. The van der Waals surface area contributed by atoms with E-state index in [-0.39, 0.29) is 18.9 Å². The van der Waals surface area contributed by atoms with Crippen LogP contribution in [0.1, 0.15) is 5.56 Å². The Morgan fingerprint density at radius 3 is 2.68 bits per heavy atom. The van der Waals surface area contributed by atoms with E-state index in [1.54, 1.807) is 17.0 Å². The number of aromatic nitrogens is 3. The van der Waals surface area contributed by atoms with E-state index in [0.717, 1.165) is 5.56 Å². The molecule has 2 N–H and O–H groups in total. The molecule has 0 amide bonds. The quantitative estimate of drug-likeness (QED) is 0.728. The Bertz CT molecular complexity index is 1020. The second kappa shape index (κ2) is 5.38. The third kappa shape index (κ3) is 2.62. The van der Waals surface area contributed by atoms with Crippen molar-refractivity contribution in [3.63, 3.8) is 0 Å². The van der Waals surface area contributed by atoms with Gasteiger partial charge in [0.25, 0.3) is 5.92 Å². The first kappa shape index (κ1) is 15.3. The molecule has 0 radical (unpaired) electrons. The highest BCUT2D eigenvalue weighted by atomic mass is 19.3. The van der Waals surface area contributed by atoms with E-state index in [9.17, 15) is 8.78 Å². The highest BCUT2D eigenvalue weighted by Gasteiger charge is 2.44. The first-order valence-electron chi connectivity index (χ1n) is 7.58. The van der Waals surface area contributed by atoms with Gasteiger partial charge >= 0.3 is 0 Å². The molecule has 3 heterocycles. The minimum atomic E-state index is -2.70. The molecule has 1 fully saturated rings. The molecule has 124 valence electrons. The van der Waals surface area contributed by atoms with Gasteiger partial charge in [0.05, 0.1) is 24.5 Å². The van der Waals surface area contributed by atoms with Crippen LogP contribution in [0.5, 0.6) is 0 Å². The number of terminal acetylenes is 1. The van der Waals surface area contributed by atoms with Crippen LogP contribution in [0.4, 0.5) is 20.3 Å². The van der Waals surface area contributed by atoms with Crippen LogP contribution in [0.15, 0.2) is 36.7 Å². The Hall–Kier alpha value is -3.27. The Kier molecular flexibility index (Phi) is 3.29. The monoisotopic (exact) mass is 337 g/mol. The smallest absolute Gasteiger partial charge is 0.282 e. The van der Waals surface area contributed by atoms with E-state index in [4.69, 9.17) is 12.2 Å². The predicted octanol–water partition coefficient (Wildman–Crippen LogP) is 2.71. The molecule has 0 spiro atoms. The number of hydrogen-bond donors (Lipinski definition) is 1. The van der Waals surface area contributed by atoms with Gasteiger partial charge in [-0.15, -0.1) is 6.42 Å². The molecule has 25 heavy (non-hydrogen) atoms. The number of halogens is 2. The number of benzene rings is 1. The first-order chi connectivity index (χ1) is 12.0. The van der Waals surface area contributed by atoms with Gasteiger partial charge in [-0.1, -0.05) is 18.1 Å². The average molecular weight is 337 g/mol. The summed E-state index contributed by atoms with van der Waals surface area (Å²) in [7, 11) is 0. The van der Waals surface area contributed by atoms with Crippen LogP contribution in [-0.2, 0) is 0 Å². The molecule has 1 saturated heterocycles. The van der Waals surface area contributed by atoms with Gasteiger partial charge in [0.2, 0.25) is 0 Å². The summed E-state index contributed by atoms with van der Waals surface area (Å²) in [6.45, 7) is -0.723. The molecule has 1 aliphatic heterocycles. The summed E-state index contributed by atoms with van der Waals surface area (Å²) >= 11 is 0. The fourth-order valence-corrected chi connectivity index (χ4v) is 2.88. The van der Waals surface area contributed by atoms with E-state index < -0.39 is 5.92 Å². The summed E-state index contributed by atoms with van der Waals surface area (Å²) in [5.41, 5.74) is 9.39. The standard InChI is InChI=1S/C18H13F2N5/c1-2-11-4-3-5-12(6-11)13-7-14(25-8-18(19,20)9-25)15-16(24-13)17(21)23-10-22-15/h1,3-7,10H,8-9H2,(H2,21,22,23). The number of rotatable bonds is 2. The van der Waals surface area contributed by atoms with Gasteiger partial charge in [-0.05, 0) is 18.2 Å². The molecule has 7 heteroatoms. The number of nitrogens with two attached hydrogens (primary N) is 1. The van der Waals surface area contributed by atoms with Crippen LogP contribution >= 0.6 is 0 Å². The highest BCUT2D eigenvalue weighted by molar-refractivity contribution is 5.96. The number of hydrogen-bond acceptors (Lipinski definition) is 5. The topological polar surface area (TPSA) is 67.9 Å². The fraction of sp³-hybridized carbons (Fsp3) is 0.167. The van der Waals surface area contributed by atoms with Gasteiger partial charge in [-0.2, -0.15) is 0 Å². The third-order valence-corrected chi connectivity index (χ3v) is 4.11. The average Bonchev–Trinajstić information content (AvgIpc) is 2.59. The van der Waals surface area contributed by atoms with Crippen molar-refractivity contribution in [1.82, 2.24) is 15.0 Å². The molecule has 0 saturated carbocycles. The molecule has 2 aromatic heterocycles. The first-order valence-corrected chi connectivity index (χ1v) is 7.58. The minimum absolute atomic E-state index is 0.202. The molecule has 0 unspecified atom stereocenters. The SMILES string of the molecule is C#Cc1cccc(-c2cc(N3CC(F)(F)C3)c3ncnc(N)c3n2)c1. The van der Waals surface area contributed by atoms with Gasteiger partial charge in [-0.3, -0.25) is 0 Å². The van der Waals surface area contributed by atoms with E-state index in [2.05, 4.69) is 20.9 Å². The summed E-state index contributed by atoms with van der Waals surface area (Å²) in [6.07, 6.45) is 6.75. The number of nitrogens with zero attached hydrogens (tertiary/aromatic N) is 4. The minimum Gasteiger partial charge on any atom is -0.382 e. The van der Waals surface area contributed by atoms with Gasteiger partial charge in [0.1, 0.15) is 17.4 Å². The zero-order chi connectivity index (χ0) is 17.6. The van der Waals surface area contributed by atoms with E-state index >= 15 is 0 Å². The molecule has 0 aliphatic carbocycles. The van der Waals surface area contributed by atoms with Crippen molar-refractivity contribution >= 4 is 22.5 Å². The number of anilines is 2. The van der Waals surface area contributed by atoms with Crippen molar-refractivity contribution in [2.45, 2.75) is 5.92 Å². The van der Waals surface area contributed by atoms with Gasteiger partial charge in [-0.25, -0.2) is 23.7 Å². The zero-order valence-electron chi connectivity index (χ0n) is 13.1. The van der Waals surface area contributed by atoms with Crippen molar-refractivity contribution < 1.29 is 8.78 Å². The molecule has 0 atom stereocenters. The Labute approximate surface area is 142 Å². The van der Waals surface area contributed by atoms with Crippen LogP contribution in [0.2, 0.25) is 0 Å². The van der Waals surface area contributed by atoms with Crippen LogP contribution in [0.25, 0.3) is 22.3 Å². The molecule has 3 aromatic rings. The van der Waals surface area contributed by atoms with E-state index in [1.165, 1.54) is 6.33 Å². The lowest BCUT2D eigenvalue weighted by Crippen LogP contribution is -2.56. The van der Waals surface area contributed by atoms with Crippen molar-refractivity contribution in [3.8, 4) is 23.6 Å². The maximum absolute atomic E-state index is 13.3. The summed E-state index contributed by atoms with van der Waals surface area (Å²) in [6, 6.07) is 9.02. The largest absolute Gasteiger partial charge is 0.382 e. The maximum atomic E-state index is 13.3. The van der Waals surface area contributed by atoms with Crippen LogP contribution < -0.4 is 10.6 Å². The summed E-state index contributed by atoms with van der Waals surface area (Å²) in [5, 5.41) is 0. The number of pyridine rings is 1. The highest BCUT2D eigenvalue weighted by Crippen LogP contribution is 2.37.